The molecule has 130 valence electrons. The summed E-state index contributed by atoms with van der Waals surface area (Å²) in [7, 11) is 0. The Morgan fingerprint density at radius 2 is 1.64 bits per heavy atom. The van der Waals surface area contributed by atoms with Crippen LogP contribution in [0, 0.1) is 5.82 Å². The van der Waals surface area contributed by atoms with Gasteiger partial charge in [-0.1, -0.05) is 31.2 Å². The second-order valence-corrected chi connectivity index (χ2v) is 5.60. The van der Waals surface area contributed by atoms with Crippen LogP contribution >= 0.6 is 12.2 Å². The van der Waals surface area contributed by atoms with E-state index in [4.69, 9.17) is 12.2 Å². The van der Waals surface area contributed by atoms with E-state index in [2.05, 4.69) is 16.0 Å². The van der Waals surface area contributed by atoms with Crippen LogP contribution in [0.5, 0.6) is 0 Å². The number of halogens is 1. The van der Waals surface area contributed by atoms with Crippen molar-refractivity contribution in [3.63, 3.8) is 0 Å². The summed E-state index contributed by atoms with van der Waals surface area (Å²) in [6.07, 6.45) is 0.818. The molecule has 0 radical (unpaired) electrons. The van der Waals surface area contributed by atoms with Crippen molar-refractivity contribution in [2.45, 2.75) is 13.3 Å². The molecule has 2 aromatic rings. The van der Waals surface area contributed by atoms with Crippen molar-refractivity contribution >= 4 is 34.8 Å². The number of hydrogen-bond donors (Lipinski definition) is 3. The highest BCUT2D eigenvalue weighted by molar-refractivity contribution is 7.80. The molecule has 0 aliphatic rings. The quantitative estimate of drug-likeness (QED) is 0.718. The van der Waals surface area contributed by atoms with Crippen LogP contribution in [0.3, 0.4) is 0 Å². The molecule has 0 saturated heterocycles. The minimum atomic E-state index is -0.663. The van der Waals surface area contributed by atoms with Gasteiger partial charge in [0.25, 0.3) is 11.8 Å². The first-order valence-corrected chi connectivity index (χ1v) is 8.17. The van der Waals surface area contributed by atoms with Crippen LogP contribution in [-0.2, 0) is 0 Å². The van der Waals surface area contributed by atoms with Gasteiger partial charge in [0.2, 0.25) is 0 Å². The molecule has 0 atom stereocenters. The molecule has 2 aromatic carbocycles. The average molecular weight is 359 g/mol. The molecule has 3 N–H and O–H groups in total. The maximum atomic E-state index is 13.6. The Morgan fingerprint density at radius 3 is 2.32 bits per heavy atom. The molecule has 2 amide bonds. The Hall–Kier alpha value is -2.80. The molecule has 0 aromatic heterocycles. The molecule has 0 bridgehead atoms. The van der Waals surface area contributed by atoms with Gasteiger partial charge in [0.05, 0.1) is 16.8 Å². The van der Waals surface area contributed by atoms with Crippen LogP contribution < -0.4 is 16.0 Å². The first kappa shape index (κ1) is 18.5. The molecule has 0 saturated carbocycles. The highest BCUT2D eigenvalue weighted by Gasteiger charge is 2.15. The molecule has 0 aliphatic heterocycles. The van der Waals surface area contributed by atoms with E-state index in [1.54, 1.807) is 30.3 Å². The molecular weight excluding hydrogens is 341 g/mol. The maximum Gasteiger partial charge on any atom is 0.260 e. The first-order valence-electron chi connectivity index (χ1n) is 7.77. The van der Waals surface area contributed by atoms with Crippen molar-refractivity contribution in [1.29, 1.82) is 0 Å². The van der Waals surface area contributed by atoms with Gasteiger partial charge in [-0.25, -0.2) is 4.39 Å². The number of para-hydroxylation sites is 1. The van der Waals surface area contributed by atoms with Gasteiger partial charge in [0.1, 0.15) is 5.82 Å². The standard InChI is InChI=1S/C18H18FN3O2S/c1-2-11-20-16(23)13-8-4-6-10-15(13)21-18(25)22-17(24)12-7-3-5-9-14(12)19/h3-10H,2,11H2,1H3,(H,20,23)(H2,21,22,24,25). The lowest BCUT2D eigenvalue weighted by Gasteiger charge is -2.13. The lowest BCUT2D eigenvalue weighted by Crippen LogP contribution is -2.35. The molecule has 0 heterocycles. The van der Waals surface area contributed by atoms with E-state index in [1.807, 2.05) is 6.92 Å². The fourth-order valence-electron chi connectivity index (χ4n) is 2.09. The fraction of sp³-hybridized carbons (Fsp3) is 0.167. The second-order valence-electron chi connectivity index (χ2n) is 5.19. The Balaban J connectivity index is 2.07. The highest BCUT2D eigenvalue weighted by atomic mass is 32.1. The van der Waals surface area contributed by atoms with Crippen LogP contribution in [-0.4, -0.2) is 23.5 Å². The number of amides is 2. The molecular formula is C18H18FN3O2S. The highest BCUT2D eigenvalue weighted by Crippen LogP contribution is 2.15. The third-order valence-corrected chi connectivity index (χ3v) is 3.51. The molecule has 25 heavy (non-hydrogen) atoms. The third-order valence-electron chi connectivity index (χ3n) is 3.30. The topological polar surface area (TPSA) is 70.2 Å². The molecule has 0 spiro atoms. The summed E-state index contributed by atoms with van der Waals surface area (Å²) < 4.78 is 13.6. The zero-order valence-electron chi connectivity index (χ0n) is 13.6. The van der Waals surface area contributed by atoms with Crippen LogP contribution in [0.4, 0.5) is 10.1 Å². The van der Waals surface area contributed by atoms with Crippen molar-refractivity contribution < 1.29 is 14.0 Å². The fourth-order valence-corrected chi connectivity index (χ4v) is 2.30. The largest absolute Gasteiger partial charge is 0.352 e. The first-order chi connectivity index (χ1) is 12.0. The minimum absolute atomic E-state index is 0.0241. The van der Waals surface area contributed by atoms with E-state index in [9.17, 15) is 14.0 Å². The Morgan fingerprint density at radius 1 is 1.00 bits per heavy atom. The Kier molecular flexibility index (Phi) is 6.59. The summed E-state index contributed by atoms with van der Waals surface area (Å²) in [4.78, 5) is 24.2. The number of rotatable bonds is 5. The number of benzene rings is 2. The number of hydrogen-bond acceptors (Lipinski definition) is 3. The monoisotopic (exact) mass is 359 g/mol. The van der Waals surface area contributed by atoms with E-state index in [0.29, 0.717) is 17.8 Å². The van der Waals surface area contributed by atoms with Crippen molar-refractivity contribution in [3.05, 3.63) is 65.5 Å². The van der Waals surface area contributed by atoms with Crippen molar-refractivity contribution in [1.82, 2.24) is 10.6 Å². The lowest BCUT2D eigenvalue weighted by atomic mass is 10.1. The molecule has 7 heteroatoms. The van der Waals surface area contributed by atoms with Crippen LogP contribution in [0.2, 0.25) is 0 Å². The van der Waals surface area contributed by atoms with Crippen LogP contribution in [0.25, 0.3) is 0 Å². The SMILES string of the molecule is CCCNC(=O)c1ccccc1NC(=S)NC(=O)c1ccccc1F. The third kappa shape index (κ3) is 5.09. The normalized spacial score (nSPS) is 10.0. The predicted octanol–water partition coefficient (Wildman–Crippen LogP) is 3.09. The second kappa shape index (κ2) is 8.89. The van der Waals surface area contributed by atoms with Gasteiger partial charge >= 0.3 is 0 Å². The van der Waals surface area contributed by atoms with E-state index < -0.39 is 11.7 Å². The van der Waals surface area contributed by atoms with Gasteiger partial charge in [0, 0.05) is 6.54 Å². The van der Waals surface area contributed by atoms with E-state index in [-0.39, 0.29) is 16.6 Å². The zero-order valence-corrected chi connectivity index (χ0v) is 14.5. The summed E-state index contributed by atoms with van der Waals surface area (Å²) in [5, 5.41) is 7.96. The van der Waals surface area contributed by atoms with Gasteiger partial charge < -0.3 is 10.6 Å². The summed E-state index contributed by atoms with van der Waals surface area (Å²) >= 11 is 5.09. The Labute approximate surface area is 150 Å². The molecule has 0 unspecified atom stereocenters. The number of nitrogens with one attached hydrogen (secondary N) is 3. The average Bonchev–Trinajstić information content (AvgIpc) is 2.60. The molecule has 0 fully saturated rings. The smallest absolute Gasteiger partial charge is 0.260 e. The predicted molar refractivity (Wildman–Crippen MR) is 99.2 cm³/mol. The van der Waals surface area contributed by atoms with Gasteiger partial charge in [-0.3, -0.25) is 14.9 Å². The lowest BCUT2D eigenvalue weighted by molar-refractivity contribution is 0.0952. The zero-order chi connectivity index (χ0) is 18.2. The number of carbonyl (C=O) groups excluding carboxylic acids is 2. The molecule has 5 nitrogen and oxygen atoms in total. The van der Waals surface area contributed by atoms with Gasteiger partial charge in [0.15, 0.2) is 5.11 Å². The van der Waals surface area contributed by atoms with E-state index in [0.717, 1.165) is 6.42 Å². The molecule has 2 rings (SSSR count). The van der Waals surface area contributed by atoms with Crippen LogP contribution in [0.1, 0.15) is 34.1 Å². The van der Waals surface area contributed by atoms with Crippen molar-refractivity contribution in [3.8, 4) is 0 Å². The maximum absolute atomic E-state index is 13.6. The van der Waals surface area contributed by atoms with Crippen LogP contribution in [0.15, 0.2) is 48.5 Å². The number of carbonyl (C=O) groups is 2. The number of thiocarbonyl (C=S) groups is 1. The van der Waals surface area contributed by atoms with Gasteiger partial charge in [-0.05, 0) is 42.9 Å². The van der Waals surface area contributed by atoms with Gasteiger partial charge in [-0.15, -0.1) is 0 Å². The summed E-state index contributed by atoms with van der Waals surface area (Å²) in [5.74, 6) is -1.54. The van der Waals surface area contributed by atoms with Crippen molar-refractivity contribution in [2.24, 2.45) is 0 Å². The summed E-state index contributed by atoms with van der Waals surface area (Å²) in [6, 6.07) is 12.4. The summed E-state index contributed by atoms with van der Waals surface area (Å²) in [6.45, 7) is 2.51. The van der Waals surface area contributed by atoms with Gasteiger partial charge in [-0.2, -0.15) is 0 Å². The van der Waals surface area contributed by atoms with Crippen molar-refractivity contribution in [2.75, 3.05) is 11.9 Å². The minimum Gasteiger partial charge on any atom is -0.352 e. The summed E-state index contributed by atoms with van der Waals surface area (Å²) in [5.41, 5.74) is 0.744. The van der Waals surface area contributed by atoms with E-state index in [1.165, 1.54) is 18.2 Å². The number of anilines is 1. The molecule has 0 aliphatic carbocycles. The van der Waals surface area contributed by atoms with E-state index >= 15 is 0 Å². The Bertz CT molecular complexity index is 795.